The van der Waals surface area contributed by atoms with Crippen LogP contribution in [0.15, 0.2) is 33.4 Å². The summed E-state index contributed by atoms with van der Waals surface area (Å²) in [6.07, 6.45) is 0. The van der Waals surface area contributed by atoms with Gasteiger partial charge in [-0.05, 0) is 65.2 Å². The molecule has 0 spiro atoms. The van der Waals surface area contributed by atoms with Crippen LogP contribution in [0.2, 0.25) is 5.02 Å². The van der Waals surface area contributed by atoms with Crippen LogP contribution in [0.3, 0.4) is 0 Å². The van der Waals surface area contributed by atoms with Crippen LogP contribution in [-0.4, -0.2) is 5.78 Å². The number of carbonyl (C=O) groups is 1. The molecule has 17 heavy (non-hydrogen) atoms. The number of hydrogen-bond donors (Lipinski definition) is 0. The summed E-state index contributed by atoms with van der Waals surface area (Å²) in [5.41, 5.74) is 2.56. The van der Waals surface area contributed by atoms with E-state index in [2.05, 4.69) is 15.9 Å². The lowest BCUT2D eigenvalue weighted by Gasteiger charge is -2.06. The van der Waals surface area contributed by atoms with Gasteiger partial charge in [0.15, 0.2) is 10.4 Å². The molecule has 0 amide bonds. The van der Waals surface area contributed by atoms with Crippen molar-refractivity contribution in [2.45, 2.75) is 13.8 Å². The van der Waals surface area contributed by atoms with Crippen LogP contribution in [0.4, 0.5) is 0 Å². The SMILES string of the molecule is Cc1cc(Cl)c(C(=O)c2ccc(Br)o2)cc1C. The fraction of sp³-hybridized carbons (Fsp3) is 0.154. The van der Waals surface area contributed by atoms with E-state index >= 15 is 0 Å². The molecule has 0 saturated carbocycles. The van der Waals surface area contributed by atoms with Crippen molar-refractivity contribution in [3.05, 3.63) is 56.4 Å². The molecule has 0 radical (unpaired) electrons. The Morgan fingerprint density at radius 2 is 1.88 bits per heavy atom. The smallest absolute Gasteiger partial charge is 0.229 e. The first-order valence-electron chi connectivity index (χ1n) is 5.06. The van der Waals surface area contributed by atoms with Gasteiger partial charge in [-0.3, -0.25) is 4.79 Å². The van der Waals surface area contributed by atoms with Gasteiger partial charge in [0.05, 0.1) is 5.02 Å². The highest BCUT2D eigenvalue weighted by atomic mass is 79.9. The average molecular weight is 314 g/mol. The fourth-order valence-corrected chi connectivity index (χ4v) is 2.13. The van der Waals surface area contributed by atoms with Gasteiger partial charge < -0.3 is 4.42 Å². The summed E-state index contributed by atoms with van der Waals surface area (Å²) in [5, 5.41) is 0.450. The summed E-state index contributed by atoms with van der Waals surface area (Å²) in [6.45, 7) is 3.90. The zero-order chi connectivity index (χ0) is 12.6. The van der Waals surface area contributed by atoms with Crippen LogP contribution in [0.1, 0.15) is 27.2 Å². The van der Waals surface area contributed by atoms with Gasteiger partial charge >= 0.3 is 0 Å². The summed E-state index contributed by atoms with van der Waals surface area (Å²) >= 11 is 9.24. The van der Waals surface area contributed by atoms with Crippen LogP contribution in [0, 0.1) is 13.8 Å². The number of carbonyl (C=O) groups excluding carboxylic acids is 1. The molecule has 0 aliphatic carbocycles. The third kappa shape index (κ3) is 2.45. The molecule has 0 atom stereocenters. The van der Waals surface area contributed by atoms with Gasteiger partial charge in [0.1, 0.15) is 0 Å². The fourth-order valence-electron chi connectivity index (χ4n) is 1.52. The summed E-state index contributed by atoms with van der Waals surface area (Å²) in [5.74, 6) is 0.0748. The van der Waals surface area contributed by atoms with Gasteiger partial charge in [-0.2, -0.15) is 0 Å². The summed E-state index contributed by atoms with van der Waals surface area (Å²) in [4.78, 5) is 12.1. The monoisotopic (exact) mass is 312 g/mol. The quantitative estimate of drug-likeness (QED) is 0.762. The van der Waals surface area contributed by atoms with Crippen molar-refractivity contribution in [1.29, 1.82) is 0 Å². The molecule has 0 aliphatic rings. The van der Waals surface area contributed by atoms with Crippen LogP contribution < -0.4 is 0 Å². The molecule has 1 aromatic heterocycles. The standard InChI is InChI=1S/C13H10BrClO2/c1-7-5-9(10(15)6-8(7)2)13(16)11-3-4-12(14)17-11/h3-6H,1-2H3. The third-order valence-corrected chi connectivity index (χ3v) is 3.36. The van der Waals surface area contributed by atoms with Crippen molar-refractivity contribution in [3.63, 3.8) is 0 Å². The number of halogens is 2. The summed E-state index contributed by atoms with van der Waals surface area (Å²) in [7, 11) is 0. The number of aryl methyl sites for hydroxylation is 2. The predicted octanol–water partition coefficient (Wildman–Crippen LogP) is 4.54. The minimum Gasteiger partial charge on any atom is -0.446 e. The first-order valence-corrected chi connectivity index (χ1v) is 6.23. The van der Waals surface area contributed by atoms with Crippen LogP contribution in [-0.2, 0) is 0 Å². The van der Waals surface area contributed by atoms with Crippen molar-refractivity contribution < 1.29 is 9.21 Å². The maximum absolute atomic E-state index is 12.1. The topological polar surface area (TPSA) is 30.2 Å². The number of furan rings is 1. The van der Waals surface area contributed by atoms with Crippen LogP contribution in [0.5, 0.6) is 0 Å². The highest BCUT2D eigenvalue weighted by Crippen LogP contribution is 2.25. The number of rotatable bonds is 2. The lowest BCUT2D eigenvalue weighted by molar-refractivity contribution is 0.101. The van der Waals surface area contributed by atoms with Gasteiger partial charge in [0.25, 0.3) is 0 Å². The summed E-state index contributed by atoms with van der Waals surface area (Å²) in [6, 6.07) is 6.89. The van der Waals surface area contributed by atoms with Gasteiger partial charge in [-0.1, -0.05) is 11.6 Å². The molecule has 2 nitrogen and oxygen atoms in total. The Hall–Kier alpha value is -1.06. The number of hydrogen-bond acceptors (Lipinski definition) is 2. The van der Waals surface area contributed by atoms with E-state index in [1.54, 1.807) is 24.3 Å². The molecule has 0 bridgehead atoms. The minimum atomic E-state index is -0.205. The normalized spacial score (nSPS) is 10.6. The second kappa shape index (κ2) is 4.67. The molecule has 2 rings (SSSR count). The molecule has 0 fully saturated rings. The van der Waals surface area contributed by atoms with Crippen molar-refractivity contribution in [3.8, 4) is 0 Å². The predicted molar refractivity (Wildman–Crippen MR) is 70.8 cm³/mol. The Labute approximate surface area is 113 Å². The van der Waals surface area contributed by atoms with Crippen molar-refractivity contribution in [1.82, 2.24) is 0 Å². The molecule has 1 heterocycles. The van der Waals surface area contributed by atoms with Crippen molar-refractivity contribution in [2.24, 2.45) is 0 Å². The second-order valence-corrected chi connectivity index (χ2v) is 5.04. The Kier molecular flexibility index (Phi) is 3.40. The van der Waals surface area contributed by atoms with E-state index in [1.165, 1.54) is 0 Å². The van der Waals surface area contributed by atoms with Crippen LogP contribution >= 0.6 is 27.5 Å². The van der Waals surface area contributed by atoms with E-state index in [4.69, 9.17) is 16.0 Å². The Morgan fingerprint density at radius 1 is 1.24 bits per heavy atom. The molecule has 1 aromatic carbocycles. The number of ketones is 1. The lowest BCUT2D eigenvalue weighted by atomic mass is 10.0. The molecular formula is C13H10BrClO2. The Balaban J connectivity index is 2.47. The Bertz CT molecular complexity index is 587. The molecular weight excluding hydrogens is 303 g/mol. The van der Waals surface area contributed by atoms with E-state index in [0.717, 1.165) is 11.1 Å². The molecule has 2 aromatic rings. The van der Waals surface area contributed by atoms with Crippen molar-refractivity contribution >= 4 is 33.3 Å². The maximum atomic E-state index is 12.1. The zero-order valence-electron chi connectivity index (χ0n) is 9.38. The maximum Gasteiger partial charge on any atom is 0.229 e. The highest BCUT2D eigenvalue weighted by molar-refractivity contribution is 9.10. The molecule has 0 N–H and O–H groups in total. The van der Waals surface area contributed by atoms with E-state index in [9.17, 15) is 4.79 Å². The average Bonchev–Trinajstić information content (AvgIpc) is 2.69. The molecule has 0 aliphatic heterocycles. The third-order valence-electron chi connectivity index (χ3n) is 2.63. The molecule has 4 heteroatoms. The minimum absolute atomic E-state index is 0.205. The molecule has 88 valence electrons. The molecule has 0 saturated heterocycles. The second-order valence-electron chi connectivity index (χ2n) is 3.85. The zero-order valence-corrected chi connectivity index (χ0v) is 11.7. The first kappa shape index (κ1) is 12.4. The summed E-state index contributed by atoms with van der Waals surface area (Å²) < 4.78 is 5.76. The van der Waals surface area contributed by atoms with Crippen LogP contribution in [0.25, 0.3) is 0 Å². The van der Waals surface area contributed by atoms with Gasteiger partial charge in [-0.25, -0.2) is 0 Å². The van der Waals surface area contributed by atoms with E-state index in [-0.39, 0.29) is 11.5 Å². The lowest BCUT2D eigenvalue weighted by Crippen LogP contribution is -2.02. The van der Waals surface area contributed by atoms with Gasteiger partial charge in [0, 0.05) is 5.56 Å². The van der Waals surface area contributed by atoms with E-state index in [1.807, 2.05) is 13.8 Å². The highest BCUT2D eigenvalue weighted by Gasteiger charge is 2.17. The van der Waals surface area contributed by atoms with E-state index < -0.39 is 0 Å². The van der Waals surface area contributed by atoms with E-state index in [0.29, 0.717) is 15.3 Å². The van der Waals surface area contributed by atoms with Gasteiger partial charge in [-0.15, -0.1) is 0 Å². The largest absolute Gasteiger partial charge is 0.446 e. The Morgan fingerprint density at radius 3 is 2.47 bits per heavy atom. The number of benzene rings is 1. The van der Waals surface area contributed by atoms with Crippen molar-refractivity contribution in [2.75, 3.05) is 0 Å². The first-order chi connectivity index (χ1) is 7.99. The molecule has 0 unspecified atom stereocenters. The van der Waals surface area contributed by atoms with Gasteiger partial charge in [0.2, 0.25) is 5.78 Å².